The molecule has 2 rings (SSSR count). The average molecular weight is 234 g/mol. The summed E-state index contributed by atoms with van der Waals surface area (Å²) in [5.41, 5.74) is 0.646. The summed E-state index contributed by atoms with van der Waals surface area (Å²) in [4.78, 5) is 2.53. The van der Waals surface area contributed by atoms with Gasteiger partial charge in [-0.3, -0.25) is 0 Å². The zero-order chi connectivity index (χ0) is 12.4. The van der Waals surface area contributed by atoms with E-state index in [0.717, 1.165) is 6.54 Å². The minimum atomic E-state index is 0.309. The van der Waals surface area contributed by atoms with Crippen LogP contribution in [-0.2, 0) is 0 Å². The summed E-state index contributed by atoms with van der Waals surface area (Å²) in [7, 11) is 0. The first-order valence-corrected chi connectivity index (χ1v) is 6.95. The van der Waals surface area contributed by atoms with Gasteiger partial charge in [0.2, 0.25) is 0 Å². The smallest absolute Gasteiger partial charge is 0.0340 e. The van der Waals surface area contributed by atoms with Gasteiger partial charge in [0.15, 0.2) is 0 Å². The van der Waals surface area contributed by atoms with Crippen LogP contribution in [0.1, 0.15) is 46.5 Å². The van der Waals surface area contributed by atoms with Crippen molar-refractivity contribution >= 4 is 0 Å². The molecule has 17 heavy (non-hydrogen) atoms. The van der Waals surface area contributed by atoms with E-state index in [2.05, 4.69) is 55.5 Å². The highest BCUT2D eigenvalue weighted by atomic mass is 15.2. The van der Waals surface area contributed by atoms with Crippen LogP contribution in [0.15, 0.2) is 24.6 Å². The normalized spacial score (nSPS) is 28.5. The molecule has 1 N–H and O–H groups in total. The Labute approximate surface area is 106 Å². The van der Waals surface area contributed by atoms with Crippen LogP contribution in [0.2, 0.25) is 0 Å². The van der Waals surface area contributed by atoms with E-state index >= 15 is 0 Å². The largest absolute Gasteiger partial charge is 0.391 e. The quantitative estimate of drug-likeness (QED) is 0.806. The highest BCUT2D eigenvalue weighted by molar-refractivity contribution is 5.17. The Morgan fingerprint density at radius 1 is 1.29 bits per heavy atom. The van der Waals surface area contributed by atoms with E-state index in [1.54, 1.807) is 0 Å². The molecule has 2 aliphatic heterocycles. The van der Waals surface area contributed by atoms with Crippen LogP contribution in [0.25, 0.3) is 0 Å². The van der Waals surface area contributed by atoms with Gasteiger partial charge in [-0.15, -0.1) is 0 Å². The van der Waals surface area contributed by atoms with Gasteiger partial charge < -0.3 is 10.2 Å². The Balaban J connectivity index is 2.06. The molecule has 96 valence electrons. The van der Waals surface area contributed by atoms with E-state index < -0.39 is 0 Å². The molecule has 0 aromatic carbocycles. The molecule has 0 saturated carbocycles. The van der Waals surface area contributed by atoms with Gasteiger partial charge >= 0.3 is 0 Å². The van der Waals surface area contributed by atoms with E-state index in [-0.39, 0.29) is 0 Å². The molecular weight excluding hydrogens is 208 g/mol. The minimum absolute atomic E-state index is 0.309. The molecular formula is C15H26N2. The van der Waals surface area contributed by atoms with Crippen molar-refractivity contribution in [2.24, 2.45) is 5.41 Å². The van der Waals surface area contributed by atoms with Gasteiger partial charge in [-0.25, -0.2) is 0 Å². The van der Waals surface area contributed by atoms with Gasteiger partial charge in [0.1, 0.15) is 0 Å². The molecule has 0 bridgehead atoms. The van der Waals surface area contributed by atoms with Crippen molar-refractivity contribution in [3.63, 3.8) is 0 Å². The highest BCUT2D eigenvalue weighted by Gasteiger charge is 2.33. The molecule has 1 atom stereocenters. The van der Waals surface area contributed by atoms with Crippen molar-refractivity contribution in [1.29, 1.82) is 0 Å². The fourth-order valence-corrected chi connectivity index (χ4v) is 3.03. The Morgan fingerprint density at radius 2 is 2.12 bits per heavy atom. The summed E-state index contributed by atoms with van der Waals surface area (Å²) >= 11 is 0. The molecule has 0 amide bonds. The van der Waals surface area contributed by atoms with Gasteiger partial charge in [-0.1, -0.05) is 25.5 Å². The van der Waals surface area contributed by atoms with Gasteiger partial charge in [0.05, 0.1) is 0 Å². The third-order valence-corrected chi connectivity index (χ3v) is 4.31. The van der Waals surface area contributed by atoms with Crippen LogP contribution in [0.3, 0.4) is 0 Å². The number of rotatable bonds is 3. The average Bonchev–Trinajstić information content (AvgIpc) is 2.30. The first-order valence-electron chi connectivity index (χ1n) is 6.95. The predicted octanol–water partition coefficient (Wildman–Crippen LogP) is 3.28. The molecule has 0 aromatic heterocycles. The second-order valence-corrected chi connectivity index (χ2v) is 6.09. The van der Waals surface area contributed by atoms with Crippen LogP contribution in [0.4, 0.5) is 0 Å². The zero-order valence-electron chi connectivity index (χ0n) is 11.5. The predicted molar refractivity (Wildman–Crippen MR) is 73.6 cm³/mol. The highest BCUT2D eigenvalue weighted by Crippen LogP contribution is 2.37. The van der Waals surface area contributed by atoms with Crippen LogP contribution in [0, 0.1) is 5.41 Å². The minimum Gasteiger partial charge on any atom is -0.391 e. The third-order valence-electron chi connectivity index (χ3n) is 4.31. The summed E-state index contributed by atoms with van der Waals surface area (Å²) in [6, 6.07) is 0. The second kappa shape index (κ2) is 4.75. The maximum Gasteiger partial charge on any atom is 0.0340 e. The Morgan fingerprint density at radius 3 is 2.65 bits per heavy atom. The molecule has 2 heterocycles. The SMILES string of the molecule is CCCC(C)(C)N1C=CC2(C=CNCC2)CC1. The lowest BCUT2D eigenvalue weighted by Gasteiger charge is -2.44. The lowest BCUT2D eigenvalue weighted by molar-refractivity contribution is 0.139. The van der Waals surface area contributed by atoms with Crippen molar-refractivity contribution in [3.05, 3.63) is 24.6 Å². The van der Waals surface area contributed by atoms with E-state index in [1.807, 2.05) is 0 Å². The van der Waals surface area contributed by atoms with Crippen LogP contribution in [0.5, 0.6) is 0 Å². The number of hydrogen-bond acceptors (Lipinski definition) is 2. The fraction of sp³-hybridized carbons (Fsp3) is 0.733. The van der Waals surface area contributed by atoms with Crippen LogP contribution >= 0.6 is 0 Å². The Hall–Kier alpha value is -0.920. The van der Waals surface area contributed by atoms with E-state index in [1.165, 1.54) is 32.2 Å². The molecule has 2 nitrogen and oxygen atoms in total. The summed E-state index contributed by atoms with van der Waals surface area (Å²) in [6.07, 6.45) is 14.3. The van der Waals surface area contributed by atoms with Crippen molar-refractivity contribution in [2.45, 2.75) is 52.0 Å². The molecule has 0 radical (unpaired) electrons. The lowest BCUT2D eigenvalue weighted by atomic mass is 9.77. The molecule has 0 aromatic rings. The van der Waals surface area contributed by atoms with Gasteiger partial charge in [0, 0.05) is 24.0 Å². The number of hydrogen-bond donors (Lipinski definition) is 1. The number of allylic oxidation sites excluding steroid dienone is 2. The maximum atomic E-state index is 3.29. The summed E-state index contributed by atoms with van der Waals surface area (Å²) in [5, 5.41) is 3.29. The standard InChI is InChI=1S/C15H26N2/c1-4-5-14(2,3)17-12-8-15(9-13-17)6-10-16-11-7-15/h6,8,10,12,16H,4-5,7,9,11,13H2,1-3H3. The molecule has 2 heteroatoms. The third kappa shape index (κ3) is 2.67. The van der Waals surface area contributed by atoms with E-state index in [9.17, 15) is 0 Å². The molecule has 2 aliphatic rings. The molecule has 0 fully saturated rings. The first-order chi connectivity index (χ1) is 8.08. The summed E-state index contributed by atoms with van der Waals surface area (Å²) < 4.78 is 0. The molecule has 1 spiro atoms. The Kier molecular flexibility index (Phi) is 3.50. The first kappa shape index (κ1) is 12.5. The second-order valence-electron chi connectivity index (χ2n) is 6.09. The van der Waals surface area contributed by atoms with E-state index in [4.69, 9.17) is 0 Å². The van der Waals surface area contributed by atoms with Crippen LogP contribution in [-0.4, -0.2) is 23.5 Å². The molecule has 0 aliphatic carbocycles. The van der Waals surface area contributed by atoms with Crippen molar-refractivity contribution in [3.8, 4) is 0 Å². The van der Waals surface area contributed by atoms with Crippen molar-refractivity contribution in [2.75, 3.05) is 13.1 Å². The van der Waals surface area contributed by atoms with Gasteiger partial charge in [0.25, 0.3) is 0 Å². The van der Waals surface area contributed by atoms with Crippen LogP contribution < -0.4 is 5.32 Å². The van der Waals surface area contributed by atoms with E-state index in [0.29, 0.717) is 11.0 Å². The van der Waals surface area contributed by atoms with Gasteiger partial charge in [-0.2, -0.15) is 0 Å². The molecule has 0 saturated heterocycles. The fourth-order valence-electron chi connectivity index (χ4n) is 3.03. The number of nitrogens with one attached hydrogen (secondary N) is 1. The monoisotopic (exact) mass is 234 g/mol. The maximum absolute atomic E-state index is 3.29. The zero-order valence-corrected chi connectivity index (χ0v) is 11.5. The van der Waals surface area contributed by atoms with Gasteiger partial charge in [-0.05, 0) is 45.5 Å². The van der Waals surface area contributed by atoms with Crippen molar-refractivity contribution < 1.29 is 0 Å². The summed E-state index contributed by atoms with van der Waals surface area (Å²) in [5.74, 6) is 0. The molecule has 1 unspecified atom stereocenters. The van der Waals surface area contributed by atoms with Crippen molar-refractivity contribution in [1.82, 2.24) is 10.2 Å². The Bertz CT molecular complexity index is 317. The topological polar surface area (TPSA) is 15.3 Å². The lowest BCUT2D eigenvalue weighted by Crippen LogP contribution is -2.45. The number of nitrogens with zero attached hydrogens (tertiary/aromatic N) is 1. The summed E-state index contributed by atoms with van der Waals surface area (Å²) in [6.45, 7) is 9.29.